The molecule has 0 spiro atoms. The van der Waals surface area contributed by atoms with Crippen molar-refractivity contribution in [3.63, 3.8) is 0 Å². The Morgan fingerprint density at radius 2 is 1.84 bits per heavy atom. The van der Waals surface area contributed by atoms with Gasteiger partial charge in [0.25, 0.3) is 0 Å². The molecule has 0 aliphatic rings. The normalized spacial score (nSPS) is 11.8. The zero-order valence-corrected chi connectivity index (χ0v) is 15.8. The van der Waals surface area contributed by atoms with E-state index in [0.717, 1.165) is 33.7 Å². The minimum absolute atomic E-state index is 0.295. The van der Waals surface area contributed by atoms with Gasteiger partial charge in [-0.2, -0.15) is 4.98 Å². The number of anilines is 3. The zero-order valence-electron chi connectivity index (χ0n) is 14.2. The van der Waals surface area contributed by atoms with Crippen molar-refractivity contribution < 1.29 is 0 Å². The molecule has 6 heteroatoms. The third-order valence-electron chi connectivity index (χ3n) is 3.83. The predicted octanol–water partition coefficient (Wildman–Crippen LogP) is 5.26. The fourth-order valence-electron chi connectivity index (χ4n) is 2.27. The molecule has 128 valence electrons. The lowest BCUT2D eigenvalue weighted by Crippen LogP contribution is -2.16. The summed E-state index contributed by atoms with van der Waals surface area (Å²) in [7, 11) is 0. The maximum atomic E-state index is 4.65. The highest BCUT2D eigenvalue weighted by Gasteiger charge is 2.10. The van der Waals surface area contributed by atoms with E-state index in [-0.39, 0.29) is 0 Å². The van der Waals surface area contributed by atoms with Crippen molar-refractivity contribution in [3.05, 3.63) is 59.3 Å². The van der Waals surface area contributed by atoms with Crippen molar-refractivity contribution in [3.8, 4) is 11.3 Å². The summed E-state index contributed by atoms with van der Waals surface area (Å²) >= 11 is 3.56. The van der Waals surface area contributed by atoms with E-state index < -0.39 is 0 Å². The topological polar surface area (TPSA) is 62.7 Å². The van der Waals surface area contributed by atoms with Gasteiger partial charge in [0.2, 0.25) is 5.95 Å². The van der Waals surface area contributed by atoms with Crippen LogP contribution in [0.25, 0.3) is 11.3 Å². The summed E-state index contributed by atoms with van der Waals surface area (Å²) in [5, 5.41) is 6.71. The highest BCUT2D eigenvalue weighted by atomic mass is 79.9. The van der Waals surface area contributed by atoms with Crippen molar-refractivity contribution in [2.45, 2.75) is 26.3 Å². The fraction of sp³-hybridized carbons (Fsp3) is 0.211. The van der Waals surface area contributed by atoms with Crippen LogP contribution in [-0.4, -0.2) is 21.0 Å². The van der Waals surface area contributed by atoms with E-state index in [1.165, 1.54) is 0 Å². The lowest BCUT2D eigenvalue weighted by atomic mass is 10.2. The smallest absolute Gasteiger partial charge is 0.225 e. The first-order chi connectivity index (χ1) is 12.2. The SMILES string of the molecule is CC[C@@H](C)Nc1nc(Nc2ccccc2Br)cc(-c2ccncc2)n1. The Morgan fingerprint density at radius 3 is 2.56 bits per heavy atom. The van der Waals surface area contributed by atoms with Gasteiger partial charge in [-0.15, -0.1) is 0 Å². The predicted molar refractivity (Wildman–Crippen MR) is 106 cm³/mol. The maximum Gasteiger partial charge on any atom is 0.225 e. The summed E-state index contributed by atoms with van der Waals surface area (Å²) in [6.45, 7) is 4.24. The molecule has 0 aliphatic carbocycles. The molecule has 3 aromatic rings. The molecule has 0 aliphatic heterocycles. The number of para-hydroxylation sites is 1. The molecule has 3 rings (SSSR count). The summed E-state index contributed by atoms with van der Waals surface area (Å²) in [6, 6.07) is 14.1. The summed E-state index contributed by atoms with van der Waals surface area (Å²) < 4.78 is 0.982. The highest BCUT2D eigenvalue weighted by Crippen LogP contribution is 2.27. The van der Waals surface area contributed by atoms with Gasteiger partial charge < -0.3 is 10.6 Å². The Balaban J connectivity index is 1.99. The number of aromatic nitrogens is 3. The summed E-state index contributed by atoms with van der Waals surface area (Å²) in [5.74, 6) is 1.35. The largest absolute Gasteiger partial charge is 0.352 e. The van der Waals surface area contributed by atoms with Gasteiger partial charge >= 0.3 is 0 Å². The van der Waals surface area contributed by atoms with E-state index in [0.29, 0.717) is 12.0 Å². The molecule has 2 heterocycles. The molecule has 0 saturated heterocycles. The zero-order chi connectivity index (χ0) is 17.6. The number of hydrogen-bond acceptors (Lipinski definition) is 5. The summed E-state index contributed by atoms with van der Waals surface area (Å²) in [6.07, 6.45) is 4.52. The molecule has 5 nitrogen and oxygen atoms in total. The van der Waals surface area contributed by atoms with Gasteiger partial charge in [0.15, 0.2) is 0 Å². The molecule has 0 fully saturated rings. The molecule has 2 N–H and O–H groups in total. The van der Waals surface area contributed by atoms with Crippen LogP contribution in [0.5, 0.6) is 0 Å². The van der Waals surface area contributed by atoms with Crippen LogP contribution in [0.15, 0.2) is 59.3 Å². The summed E-state index contributed by atoms with van der Waals surface area (Å²) in [4.78, 5) is 13.3. The molecule has 2 aromatic heterocycles. The second-order valence-electron chi connectivity index (χ2n) is 5.76. The van der Waals surface area contributed by atoms with Gasteiger partial charge in [0.1, 0.15) is 5.82 Å². The molecular weight excluding hydrogens is 378 g/mol. The standard InChI is InChI=1S/C19H20BrN5/c1-3-13(2)22-19-24-17(14-8-10-21-11-9-14)12-18(25-19)23-16-7-5-4-6-15(16)20/h4-13H,3H2,1-2H3,(H2,22,23,24,25)/t13-/m1/s1. The third-order valence-corrected chi connectivity index (χ3v) is 4.52. The van der Waals surface area contributed by atoms with Crippen LogP contribution < -0.4 is 10.6 Å². The first-order valence-corrected chi connectivity index (χ1v) is 9.02. The molecule has 1 aromatic carbocycles. The number of nitrogens with zero attached hydrogens (tertiary/aromatic N) is 3. The van der Waals surface area contributed by atoms with Crippen molar-refractivity contribution >= 4 is 33.4 Å². The van der Waals surface area contributed by atoms with Gasteiger partial charge in [-0.25, -0.2) is 4.98 Å². The summed E-state index contributed by atoms with van der Waals surface area (Å²) in [5.41, 5.74) is 2.80. The Labute approximate surface area is 156 Å². The molecular formula is C19H20BrN5. The number of hydrogen-bond donors (Lipinski definition) is 2. The average molecular weight is 398 g/mol. The van der Waals surface area contributed by atoms with E-state index in [1.54, 1.807) is 12.4 Å². The van der Waals surface area contributed by atoms with Crippen molar-refractivity contribution in [1.82, 2.24) is 15.0 Å². The van der Waals surface area contributed by atoms with Crippen molar-refractivity contribution in [2.24, 2.45) is 0 Å². The molecule has 25 heavy (non-hydrogen) atoms. The molecule has 0 bridgehead atoms. The molecule has 0 radical (unpaired) electrons. The van der Waals surface area contributed by atoms with E-state index in [4.69, 9.17) is 0 Å². The third kappa shape index (κ3) is 4.54. The van der Waals surface area contributed by atoms with E-state index >= 15 is 0 Å². The monoisotopic (exact) mass is 397 g/mol. The molecule has 0 saturated carbocycles. The van der Waals surface area contributed by atoms with Crippen LogP contribution in [0, 0.1) is 0 Å². The minimum Gasteiger partial charge on any atom is -0.352 e. The Morgan fingerprint density at radius 1 is 1.08 bits per heavy atom. The van der Waals surface area contributed by atoms with Crippen LogP contribution in [-0.2, 0) is 0 Å². The van der Waals surface area contributed by atoms with E-state index in [9.17, 15) is 0 Å². The number of rotatable bonds is 6. The minimum atomic E-state index is 0.295. The Kier molecular flexibility index (Phi) is 5.60. The molecule has 0 unspecified atom stereocenters. The van der Waals surface area contributed by atoms with Crippen LogP contribution in [0.3, 0.4) is 0 Å². The van der Waals surface area contributed by atoms with Gasteiger partial charge in [-0.05, 0) is 53.5 Å². The van der Waals surface area contributed by atoms with Crippen LogP contribution in [0.2, 0.25) is 0 Å². The maximum absolute atomic E-state index is 4.65. The molecule has 0 amide bonds. The van der Waals surface area contributed by atoms with Crippen LogP contribution >= 0.6 is 15.9 Å². The van der Waals surface area contributed by atoms with Gasteiger partial charge in [-0.1, -0.05) is 19.1 Å². The highest BCUT2D eigenvalue weighted by molar-refractivity contribution is 9.10. The Hall–Kier alpha value is -2.47. The lowest BCUT2D eigenvalue weighted by molar-refractivity contribution is 0.753. The number of nitrogens with one attached hydrogen (secondary N) is 2. The fourth-order valence-corrected chi connectivity index (χ4v) is 2.65. The van der Waals surface area contributed by atoms with Gasteiger partial charge in [0, 0.05) is 34.5 Å². The number of benzene rings is 1. The average Bonchev–Trinajstić information content (AvgIpc) is 2.64. The van der Waals surface area contributed by atoms with Crippen LogP contribution in [0.1, 0.15) is 20.3 Å². The van der Waals surface area contributed by atoms with Crippen LogP contribution in [0.4, 0.5) is 17.5 Å². The quantitative estimate of drug-likeness (QED) is 0.594. The van der Waals surface area contributed by atoms with E-state index in [1.807, 2.05) is 42.5 Å². The number of halogens is 1. The van der Waals surface area contributed by atoms with Crippen molar-refractivity contribution in [2.75, 3.05) is 10.6 Å². The van der Waals surface area contributed by atoms with Gasteiger partial charge in [-0.3, -0.25) is 4.98 Å². The lowest BCUT2D eigenvalue weighted by Gasteiger charge is -2.15. The van der Waals surface area contributed by atoms with E-state index in [2.05, 4.69) is 55.4 Å². The second kappa shape index (κ2) is 8.07. The van der Waals surface area contributed by atoms with Crippen molar-refractivity contribution in [1.29, 1.82) is 0 Å². The second-order valence-corrected chi connectivity index (χ2v) is 6.61. The van der Waals surface area contributed by atoms with Gasteiger partial charge in [0.05, 0.1) is 11.4 Å². The molecule has 1 atom stereocenters. The first-order valence-electron chi connectivity index (χ1n) is 8.23. The first kappa shape index (κ1) is 17.4. The Bertz CT molecular complexity index is 838. The number of pyridine rings is 1.